The third-order valence-corrected chi connectivity index (χ3v) is 7.98. The molecule has 2 aromatic heterocycles. The number of thiophene rings is 1. The summed E-state index contributed by atoms with van der Waals surface area (Å²) in [5.74, 6) is 1.10. The Morgan fingerprint density at radius 1 is 1.11 bits per heavy atom. The highest BCUT2D eigenvalue weighted by atomic mass is 32.1. The molecular weight excluding hydrogens is 488 g/mol. The van der Waals surface area contributed by atoms with Crippen molar-refractivity contribution < 1.29 is 19.4 Å². The first-order valence-electron chi connectivity index (χ1n) is 12.3. The zero-order valence-electron chi connectivity index (χ0n) is 20.2. The van der Waals surface area contributed by atoms with E-state index in [0.29, 0.717) is 38.9 Å². The predicted molar refractivity (Wildman–Crippen MR) is 144 cm³/mol. The van der Waals surface area contributed by atoms with E-state index in [1.54, 1.807) is 17.2 Å². The van der Waals surface area contributed by atoms with Crippen molar-refractivity contribution in [2.24, 2.45) is 0 Å². The van der Waals surface area contributed by atoms with Gasteiger partial charge in [0.1, 0.15) is 21.2 Å². The molecule has 3 N–H and O–H groups in total. The molecule has 8 nitrogen and oxygen atoms in total. The molecule has 3 amide bonds. The molecule has 3 heterocycles. The average Bonchev–Trinajstić information content (AvgIpc) is 3.26. The van der Waals surface area contributed by atoms with Crippen molar-refractivity contribution in [2.45, 2.75) is 44.8 Å². The van der Waals surface area contributed by atoms with Crippen molar-refractivity contribution in [2.75, 3.05) is 10.2 Å². The number of aromatic nitrogens is 1. The fourth-order valence-corrected chi connectivity index (χ4v) is 6.09. The highest BCUT2D eigenvalue weighted by Crippen LogP contribution is 2.46. The summed E-state index contributed by atoms with van der Waals surface area (Å²) in [5.41, 5.74) is 2.69. The zero-order valence-corrected chi connectivity index (χ0v) is 21.0. The summed E-state index contributed by atoms with van der Waals surface area (Å²) in [6.07, 6.45) is 4.43. The highest BCUT2D eigenvalue weighted by Gasteiger charge is 2.34. The summed E-state index contributed by atoms with van der Waals surface area (Å²) in [6, 6.07) is 16.2. The fourth-order valence-electron chi connectivity index (χ4n) is 5.06. The average molecular weight is 515 g/mol. The van der Waals surface area contributed by atoms with Crippen LogP contribution < -0.4 is 20.3 Å². The first-order chi connectivity index (χ1) is 18.0. The number of aryl methyl sites for hydroxylation is 1. The van der Waals surface area contributed by atoms with Crippen LogP contribution in [0.4, 0.5) is 21.9 Å². The number of pyridine rings is 1. The Hall–Kier alpha value is -3.95. The largest absolute Gasteiger partial charge is 0.457 e. The molecule has 1 aliphatic carbocycles. The van der Waals surface area contributed by atoms with Crippen molar-refractivity contribution in [1.82, 2.24) is 10.3 Å². The number of rotatable bonds is 5. The third kappa shape index (κ3) is 4.30. The molecule has 2 aromatic carbocycles. The van der Waals surface area contributed by atoms with E-state index >= 15 is 0 Å². The van der Waals surface area contributed by atoms with Gasteiger partial charge in [-0.15, -0.1) is 11.3 Å². The standard InChI is InChI=1S/C28H26N4O4S/c1-16-15-18(36-17-7-3-2-4-8-17)11-12-20(16)32-21-13-14-29-27-23(21)24(31-28(32)35)25(37-27)26(34)30-19-9-5-6-10-22(19)33/h2-4,7-8,11-15,19,22,33H,5-6,9-10H2,1H3,(H,30,34)(H,31,35)/t19-,22+/m1/s1. The van der Waals surface area contributed by atoms with Gasteiger partial charge >= 0.3 is 6.03 Å². The topological polar surface area (TPSA) is 104 Å². The minimum Gasteiger partial charge on any atom is -0.457 e. The zero-order chi connectivity index (χ0) is 25.5. The molecule has 0 bridgehead atoms. The number of para-hydroxylation sites is 1. The molecule has 2 atom stereocenters. The summed E-state index contributed by atoms with van der Waals surface area (Å²) in [5, 5.41) is 16.9. The number of anilines is 3. The number of carbonyl (C=O) groups is 2. The molecule has 37 heavy (non-hydrogen) atoms. The second-order valence-electron chi connectivity index (χ2n) is 9.38. The Morgan fingerprint density at radius 3 is 2.70 bits per heavy atom. The molecule has 1 fully saturated rings. The first kappa shape index (κ1) is 23.4. The van der Waals surface area contributed by atoms with Crippen LogP contribution in [0.1, 0.15) is 40.9 Å². The monoisotopic (exact) mass is 514 g/mol. The first-order valence-corrected chi connectivity index (χ1v) is 13.2. The Labute approximate surface area is 217 Å². The van der Waals surface area contributed by atoms with Gasteiger partial charge in [-0.1, -0.05) is 31.0 Å². The van der Waals surface area contributed by atoms with Crippen molar-refractivity contribution in [3.63, 3.8) is 0 Å². The van der Waals surface area contributed by atoms with Crippen LogP contribution in [0.3, 0.4) is 0 Å². The molecule has 6 rings (SSSR count). The molecule has 4 aromatic rings. The van der Waals surface area contributed by atoms with Crippen molar-refractivity contribution in [1.29, 1.82) is 0 Å². The van der Waals surface area contributed by atoms with E-state index in [9.17, 15) is 14.7 Å². The molecular formula is C28H26N4O4S. The maximum Gasteiger partial charge on any atom is 0.331 e. The van der Waals surface area contributed by atoms with Gasteiger partial charge in [-0.2, -0.15) is 0 Å². The lowest BCUT2D eigenvalue weighted by molar-refractivity contribution is 0.0720. The van der Waals surface area contributed by atoms with Crippen LogP contribution in [-0.2, 0) is 0 Å². The number of aliphatic hydroxyl groups is 1. The third-order valence-electron chi connectivity index (χ3n) is 6.89. The van der Waals surface area contributed by atoms with E-state index < -0.39 is 6.10 Å². The Kier molecular flexibility index (Phi) is 6.02. The van der Waals surface area contributed by atoms with E-state index in [4.69, 9.17) is 4.74 Å². The molecule has 0 radical (unpaired) electrons. The Morgan fingerprint density at radius 2 is 1.92 bits per heavy atom. The second-order valence-corrected chi connectivity index (χ2v) is 10.4. The van der Waals surface area contributed by atoms with E-state index in [-0.39, 0.29) is 18.0 Å². The summed E-state index contributed by atoms with van der Waals surface area (Å²) >= 11 is 1.24. The maximum absolute atomic E-state index is 13.4. The van der Waals surface area contributed by atoms with E-state index in [1.165, 1.54) is 11.3 Å². The number of nitrogens with zero attached hydrogens (tertiary/aromatic N) is 2. The number of hydrogen-bond acceptors (Lipinski definition) is 6. The smallest absolute Gasteiger partial charge is 0.331 e. The lowest BCUT2D eigenvalue weighted by atomic mass is 9.92. The van der Waals surface area contributed by atoms with Gasteiger partial charge in [0.25, 0.3) is 5.91 Å². The lowest BCUT2D eigenvalue weighted by Crippen LogP contribution is -2.45. The van der Waals surface area contributed by atoms with Gasteiger partial charge in [-0.25, -0.2) is 9.78 Å². The molecule has 188 valence electrons. The van der Waals surface area contributed by atoms with Gasteiger partial charge in [0, 0.05) is 6.20 Å². The summed E-state index contributed by atoms with van der Waals surface area (Å²) in [6.45, 7) is 1.93. The molecule has 0 saturated heterocycles. The SMILES string of the molecule is Cc1cc(Oc2ccccc2)ccc1N1C(=O)Nc2c(C(=O)N[C@@H]3CCCC[C@@H]3O)sc3nccc1c23. The summed E-state index contributed by atoms with van der Waals surface area (Å²) < 4.78 is 5.95. The summed E-state index contributed by atoms with van der Waals surface area (Å²) in [4.78, 5) is 33.8. The molecule has 1 saturated carbocycles. The van der Waals surface area contributed by atoms with E-state index in [0.717, 1.165) is 36.0 Å². The number of benzene rings is 2. The van der Waals surface area contributed by atoms with Crippen LogP contribution >= 0.6 is 11.3 Å². The highest BCUT2D eigenvalue weighted by molar-refractivity contribution is 7.21. The van der Waals surface area contributed by atoms with Gasteiger partial charge in [0.05, 0.1) is 34.6 Å². The normalized spacial score (nSPS) is 19.0. The molecule has 2 aliphatic rings. The Bertz CT molecular complexity index is 1500. The number of nitrogens with one attached hydrogen (secondary N) is 2. The van der Waals surface area contributed by atoms with E-state index in [1.807, 2.05) is 55.5 Å². The van der Waals surface area contributed by atoms with Crippen LogP contribution in [0.2, 0.25) is 0 Å². The minimum absolute atomic E-state index is 0.291. The van der Waals surface area contributed by atoms with Crippen molar-refractivity contribution in [3.8, 4) is 11.5 Å². The van der Waals surface area contributed by atoms with Gasteiger partial charge in [0.2, 0.25) is 0 Å². The number of aliphatic hydroxyl groups excluding tert-OH is 1. The number of ether oxygens (including phenoxy) is 1. The quantitative estimate of drug-likeness (QED) is 0.298. The number of hydrogen-bond donors (Lipinski definition) is 3. The van der Waals surface area contributed by atoms with Crippen molar-refractivity contribution >= 4 is 50.6 Å². The maximum atomic E-state index is 13.4. The van der Waals surface area contributed by atoms with Crippen LogP contribution in [0.5, 0.6) is 11.5 Å². The van der Waals surface area contributed by atoms with Gasteiger partial charge in [0.15, 0.2) is 0 Å². The van der Waals surface area contributed by atoms with Crippen LogP contribution in [-0.4, -0.2) is 34.2 Å². The van der Waals surface area contributed by atoms with Crippen LogP contribution in [0.25, 0.3) is 10.2 Å². The molecule has 1 aliphatic heterocycles. The van der Waals surface area contributed by atoms with E-state index in [2.05, 4.69) is 15.6 Å². The van der Waals surface area contributed by atoms with Gasteiger partial charge in [-0.05, 0) is 61.7 Å². The van der Waals surface area contributed by atoms with Gasteiger partial charge in [-0.3, -0.25) is 9.69 Å². The predicted octanol–water partition coefficient (Wildman–Crippen LogP) is 6.11. The number of amides is 3. The van der Waals surface area contributed by atoms with Crippen molar-refractivity contribution in [3.05, 3.63) is 71.2 Å². The molecule has 0 spiro atoms. The molecule has 9 heteroatoms. The molecule has 0 unspecified atom stereocenters. The fraction of sp³-hybridized carbons (Fsp3) is 0.250. The van der Waals surface area contributed by atoms with Gasteiger partial charge < -0.3 is 20.5 Å². The number of urea groups is 1. The Balaban J connectivity index is 1.34. The minimum atomic E-state index is -0.556. The number of carbonyl (C=O) groups excluding carboxylic acids is 2. The summed E-state index contributed by atoms with van der Waals surface area (Å²) in [7, 11) is 0. The van der Waals surface area contributed by atoms with Crippen LogP contribution in [0, 0.1) is 6.92 Å². The lowest BCUT2D eigenvalue weighted by Gasteiger charge is -2.30. The second kappa shape index (κ2) is 9.49. The van der Waals surface area contributed by atoms with Crippen LogP contribution in [0.15, 0.2) is 60.8 Å².